The molecule has 21 heavy (non-hydrogen) atoms. The standard InChI is InChI=1S/C15H25N3O2S/c1-5-17-14(19)13-11(16)12(20-9(2)3)15(21-13)18(4)8-10-6-7-10/h9-10H,5-8,16H2,1-4H3,(H,17,19). The fourth-order valence-corrected chi connectivity index (χ4v) is 3.24. The molecule has 3 N–H and O–H groups in total. The molecule has 1 aliphatic carbocycles. The average Bonchev–Trinajstić information content (AvgIpc) is 3.15. The smallest absolute Gasteiger partial charge is 0.263 e. The Kier molecular flexibility index (Phi) is 4.98. The number of nitrogen functional groups attached to an aromatic ring is 1. The first-order valence-electron chi connectivity index (χ1n) is 7.52. The van der Waals surface area contributed by atoms with E-state index in [4.69, 9.17) is 10.5 Å². The Hall–Kier alpha value is -1.43. The normalized spacial score (nSPS) is 14.3. The summed E-state index contributed by atoms with van der Waals surface area (Å²) in [6.45, 7) is 7.40. The fraction of sp³-hybridized carbons (Fsp3) is 0.667. The van der Waals surface area contributed by atoms with Crippen LogP contribution in [0.2, 0.25) is 0 Å². The van der Waals surface area contributed by atoms with Crippen molar-refractivity contribution in [3.63, 3.8) is 0 Å². The summed E-state index contributed by atoms with van der Waals surface area (Å²) in [4.78, 5) is 14.8. The lowest BCUT2D eigenvalue weighted by atomic mass is 10.3. The number of carbonyl (C=O) groups is 1. The number of anilines is 2. The Morgan fingerprint density at radius 1 is 1.52 bits per heavy atom. The first kappa shape index (κ1) is 15.9. The summed E-state index contributed by atoms with van der Waals surface area (Å²) in [5.74, 6) is 1.29. The zero-order chi connectivity index (χ0) is 15.6. The number of ether oxygens (including phenoxy) is 1. The van der Waals surface area contributed by atoms with Gasteiger partial charge in [-0.25, -0.2) is 0 Å². The van der Waals surface area contributed by atoms with Crippen LogP contribution in [0.15, 0.2) is 0 Å². The molecular formula is C15H25N3O2S. The van der Waals surface area contributed by atoms with Gasteiger partial charge >= 0.3 is 0 Å². The van der Waals surface area contributed by atoms with Gasteiger partial charge in [-0.3, -0.25) is 4.79 Å². The van der Waals surface area contributed by atoms with E-state index in [0.717, 1.165) is 17.5 Å². The van der Waals surface area contributed by atoms with Crippen molar-refractivity contribution < 1.29 is 9.53 Å². The second-order valence-corrected chi connectivity index (χ2v) is 6.83. The minimum absolute atomic E-state index is 0.0251. The first-order valence-corrected chi connectivity index (χ1v) is 8.33. The molecule has 1 saturated carbocycles. The minimum atomic E-state index is -0.125. The van der Waals surface area contributed by atoms with Gasteiger partial charge in [0.05, 0.1) is 6.10 Å². The molecule has 0 aromatic carbocycles. The second-order valence-electron chi connectivity index (χ2n) is 5.83. The number of amides is 1. The van der Waals surface area contributed by atoms with E-state index in [1.807, 2.05) is 27.8 Å². The molecule has 0 spiro atoms. The molecule has 0 unspecified atom stereocenters. The lowest BCUT2D eigenvalue weighted by Gasteiger charge is -2.20. The summed E-state index contributed by atoms with van der Waals surface area (Å²) in [5.41, 5.74) is 6.62. The van der Waals surface area contributed by atoms with Gasteiger partial charge < -0.3 is 20.7 Å². The van der Waals surface area contributed by atoms with Crippen molar-refractivity contribution in [3.8, 4) is 5.75 Å². The van der Waals surface area contributed by atoms with E-state index in [1.165, 1.54) is 24.2 Å². The van der Waals surface area contributed by atoms with Gasteiger partial charge in [-0.1, -0.05) is 0 Å². The van der Waals surface area contributed by atoms with E-state index in [2.05, 4.69) is 10.2 Å². The minimum Gasteiger partial charge on any atom is -0.486 e. The Balaban J connectivity index is 2.30. The molecular weight excluding hydrogens is 286 g/mol. The summed E-state index contributed by atoms with van der Waals surface area (Å²) in [6.07, 6.45) is 2.60. The number of nitrogens with two attached hydrogens (primary N) is 1. The van der Waals surface area contributed by atoms with Crippen LogP contribution < -0.4 is 20.7 Å². The third-order valence-corrected chi connectivity index (χ3v) is 4.65. The molecule has 0 bridgehead atoms. The molecule has 2 rings (SSSR count). The van der Waals surface area contributed by atoms with Crippen molar-refractivity contribution in [1.29, 1.82) is 0 Å². The van der Waals surface area contributed by atoms with Crippen LogP contribution in [0, 0.1) is 5.92 Å². The summed E-state index contributed by atoms with van der Waals surface area (Å²) in [5, 5.41) is 3.76. The molecule has 118 valence electrons. The highest BCUT2D eigenvalue weighted by Crippen LogP contribution is 2.46. The van der Waals surface area contributed by atoms with Gasteiger partial charge in [0, 0.05) is 20.1 Å². The predicted molar refractivity (Wildman–Crippen MR) is 88.5 cm³/mol. The van der Waals surface area contributed by atoms with Crippen LogP contribution in [-0.4, -0.2) is 32.1 Å². The summed E-state index contributed by atoms with van der Waals surface area (Å²) in [6, 6.07) is 0. The highest BCUT2D eigenvalue weighted by Gasteiger charge is 2.28. The van der Waals surface area contributed by atoms with Gasteiger partial charge in [-0.05, 0) is 39.5 Å². The number of hydrogen-bond acceptors (Lipinski definition) is 5. The molecule has 1 heterocycles. The van der Waals surface area contributed by atoms with E-state index < -0.39 is 0 Å². The van der Waals surface area contributed by atoms with Crippen molar-refractivity contribution in [2.45, 2.75) is 39.7 Å². The number of carbonyl (C=O) groups excluding carboxylic acids is 1. The molecule has 1 amide bonds. The predicted octanol–water partition coefficient (Wildman–Crippen LogP) is 2.71. The van der Waals surface area contributed by atoms with Crippen molar-refractivity contribution in [2.75, 3.05) is 30.8 Å². The van der Waals surface area contributed by atoms with Crippen molar-refractivity contribution in [2.24, 2.45) is 5.92 Å². The third-order valence-electron chi connectivity index (χ3n) is 3.36. The number of hydrogen-bond donors (Lipinski definition) is 2. The SMILES string of the molecule is CCNC(=O)c1sc(N(C)CC2CC2)c(OC(C)C)c1N. The number of thiophene rings is 1. The van der Waals surface area contributed by atoms with Gasteiger partial charge in [-0.15, -0.1) is 11.3 Å². The quantitative estimate of drug-likeness (QED) is 0.812. The van der Waals surface area contributed by atoms with Gasteiger partial charge in [0.2, 0.25) is 0 Å². The zero-order valence-corrected chi connectivity index (χ0v) is 14.0. The molecule has 1 aliphatic rings. The molecule has 0 saturated heterocycles. The molecule has 0 radical (unpaired) electrons. The van der Waals surface area contributed by atoms with Crippen LogP contribution in [0.1, 0.15) is 43.3 Å². The highest BCUT2D eigenvalue weighted by atomic mass is 32.1. The number of rotatable bonds is 7. The van der Waals surface area contributed by atoms with Crippen LogP contribution in [-0.2, 0) is 0 Å². The van der Waals surface area contributed by atoms with Crippen molar-refractivity contribution in [3.05, 3.63) is 4.88 Å². The zero-order valence-electron chi connectivity index (χ0n) is 13.2. The lowest BCUT2D eigenvalue weighted by Crippen LogP contribution is -2.22. The summed E-state index contributed by atoms with van der Waals surface area (Å²) >= 11 is 1.42. The van der Waals surface area contributed by atoms with Crippen molar-refractivity contribution in [1.82, 2.24) is 5.32 Å². The molecule has 1 aromatic rings. The maximum absolute atomic E-state index is 12.1. The molecule has 5 nitrogen and oxygen atoms in total. The monoisotopic (exact) mass is 311 g/mol. The molecule has 1 aromatic heterocycles. The Bertz CT molecular complexity index is 509. The highest BCUT2D eigenvalue weighted by molar-refractivity contribution is 7.19. The van der Waals surface area contributed by atoms with Gasteiger partial charge in [0.15, 0.2) is 5.75 Å². The Morgan fingerprint density at radius 3 is 2.71 bits per heavy atom. The van der Waals surface area contributed by atoms with Crippen LogP contribution in [0.3, 0.4) is 0 Å². The van der Waals surface area contributed by atoms with E-state index in [1.54, 1.807) is 0 Å². The fourth-order valence-electron chi connectivity index (χ4n) is 2.20. The van der Waals surface area contributed by atoms with Crippen LogP contribution in [0.5, 0.6) is 5.75 Å². The molecule has 1 fully saturated rings. The maximum atomic E-state index is 12.1. The Labute approximate surface area is 130 Å². The number of nitrogens with one attached hydrogen (secondary N) is 1. The summed E-state index contributed by atoms with van der Waals surface area (Å²) < 4.78 is 5.87. The van der Waals surface area contributed by atoms with E-state index in [-0.39, 0.29) is 12.0 Å². The van der Waals surface area contributed by atoms with Crippen LogP contribution in [0.4, 0.5) is 10.7 Å². The van der Waals surface area contributed by atoms with E-state index in [9.17, 15) is 4.79 Å². The number of nitrogens with zero attached hydrogens (tertiary/aromatic N) is 1. The summed E-state index contributed by atoms with van der Waals surface area (Å²) in [7, 11) is 2.04. The molecule has 6 heteroatoms. The topological polar surface area (TPSA) is 67.6 Å². The van der Waals surface area contributed by atoms with Crippen LogP contribution in [0.25, 0.3) is 0 Å². The lowest BCUT2D eigenvalue weighted by molar-refractivity contribution is 0.0960. The van der Waals surface area contributed by atoms with Crippen molar-refractivity contribution >= 4 is 27.9 Å². The largest absolute Gasteiger partial charge is 0.486 e. The van der Waals surface area contributed by atoms with E-state index >= 15 is 0 Å². The van der Waals surface area contributed by atoms with Gasteiger partial charge in [0.25, 0.3) is 5.91 Å². The Morgan fingerprint density at radius 2 is 2.19 bits per heavy atom. The molecule has 0 atom stereocenters. The third kappa shape index (κ3) is 3.81. The molecule has 0 aliphatic heterocycles. The van der Waals surface area contributed by atoms with Gasteiger partial charge in [0.1, 0.15) is 15.6 Å². The van der Waals surface area contributed by atoms with Gasteiger partial charge in [-0.2, -0.15) is 0 Å². The second kappa shape index (κ2) is 6.56. The average molecular weight is 311 g/mol. The first-order chi connectivity index (χ1) is 9.93. The van der Waals surface area contributed by atoms with Crippen LogP contribution >= 0.6 is 11.3 Å². The van der Waals surface area contributed by atoms with E-state index in [0.29, 0.717) is 22.9 Å². The maximum Gasteiger partial charge on any atom is 0.263 e.